The lowest BCUT2D eigenvalue weighted by Gasteiger charge is -2.30. The van der Waals surface area contributed by atoms with Crippen LogP contribution in [0.2, 0.25) is 0 Å². The number of unbranched alkanes of at least 4 members (excludes halogenated alkanes) is 14. The van der Waals surface area contributed by atoms with Crippen LogP contribution in [-0.4, -0.2) is 60.6 Å². The Labute approximate surface area is 187 Å². The maximum Gasteiger partial charge on any atom is 0.219 e. The molecule has 0 spiro atoms. The van der Waals surface area contributed by atoms with E-state index < -0.39 is 6.29 Å². The third-order valence-corrected chi connectivity index (χ3v) is 5.93. The maximum atomic E-state index is 11.9. The van der Waals surface area contributed by atoms with E-state index in [-0.39, 0.29) is 5.91 Å². The summed E-state index contributed by atoms with van der Waals surface area (Å²) in [5.74, 6) is 0.150. The van der Waals surface area contributed by atoms with Crippen LogP contribution in [0.5, 0.6) is 0 Å². The van der Waals surface area contributed by atoms with Crippen molar-refractivity contribution >= 4 is 5.91 Å². The summed E-state index contributed by atoms with van der Waals surface area (Å²) in [5.41, 5.74) is 0. The Kier molecular flexibility index (Phi) is 19.8. The predicted molar refractivity (Wildman–Crippen MR) is 127 cm³/mol. The molecule has 0 radical (unpaired) electrons. The average Bonchev–Trinajstić information content (AvgIpc) is 2.67. The standard InChI is InChI=1S/C25H52N2O3/c1-4-5-6-7-8-9-10-11-12-13-14-15-16-17-18-20-24(28)26-21-19-22-27(2,3)23-25(29)30/h25,29-30H,4-23H2,1-3H3/p+1. The van der Waals surface area contributed by atoms with Crippen LogP contribution >= 0.6 is 0 Å². The molecule has 1 amide bonds. The second-order valence-electron chi connectivity index (χ2n) is 9.73. The number of nitrogens with zero attached hydrogens (tertiary/aromatic N) is 1. The van der Waals surface area contributed by atoms with E-state index in [2.05, 4.69) is 12.2 Å². The monoisotopic (exact) mass is 429 g/mol. The highest BCUT2D eigenvalue weighted by atomic mass is 16.5. The lowest BCUT2D eigenvalue weighted by molar-refractivity contribution is -0.896. The van der Waals surface area contributed by atoms with Crippen molar-refractivity contribution in [3.63, 3.8) is 0 Å². The van der Waals surface area contributed by atoms with E-state index in [9.17, 15) is 4.79 Å². The molecule has 180 valence electrons. The van der Waals surface area contributed by atoms with E-state index in [1.807, 2.05) is 14.1 Å². The summed E-state index contributed by atoms with van der Waals surface area (Å²) < 4.78 is 0.548. The highest BCUT2D eigenvalue weighted by Gasteiger charge is 2.18. The second-order valence-corrected chi connectivity index (χ2v) is 9.73. The molecule has 0 aromatic rings. The molecule has 0 aromatic heterocycles. The van der Waals surface area contributed by atoms with Gasteiger partial charge in [-0.15, -0.1) is 0 Å². The van der Waals surface area contributed by atoms with Crippen LogP contribution in [-0.2, 0) is 4.79 Å². The Balaban J connectivity index is 3.30. The minimum Gasteiger partial charge on any atom is -0.364 e. The Hall–Kier alpha value is -0.650. The number of rotatable bonds is 22. The summed E-state index contributed by atoms with van der Waals surface area (Å²) in [6.45, 7) is 4.07. The topological polar surface area (TPSA) is 69.6 Å². The Morgan fingerprint density at radius 3 is 1.60 bits per heavy atom. The molecule has 0 bridgehead atoms. The molecule has 0 heterocycles. The number of carbonyl (C=O) groups is 1. The van der Waals surface area contributed by atoms with Crippen LogP contribution in [0, 0.1) is 0 Å². The van der Waals surface area contributed by atoms with E-state index in [0.29, 0.717) is 24.0 Å². The van der Waals surface area contributed by atoms with Gasteiger partial charge in [0, 0.05) is 19.4 Å². The fraction of sp³-hybridized carbons (Fsp3) is 0.960. The number of quaternary nitrogens is 1. The minimum absolute atomic E-state index is 0.150. The summed E-state index contributed by atoms with van der Waals surface area (Å²) in [6.07, 6.45) is 20.3. The normalized spacial score (nSPS) is 11.9. The van der Waals surface area contributed by atoms with E-state index in [1.54, 1.807) is 0 Å². The highest BCUT2D eigenvalue weighted by molar-refractivity contribution is 5.75. The van der Waals surface area contributed by atoms with Gasteiger partial charge in [-0.25, -0.2) is 0 Å². The van der Waals surface area contributed by atoms with Crippen molar-refractivity contribution < 1.29 is 19.5 Å². The Morgan fingerprint density at radius 1 is 0.733 bits per heavy atom. The van der Waals surface area contributed by atoms with Crippen LogP contribution < -0.4 is 5.32 Å². The van der Waals surface area contributed by atoms with Crippen LogP contribution in [0.25, 0.3) is 0 Å². The molecule has 0 saturated carbocycles. The number of nitrogens with one attached hydrogen (secondary N) is 1. The van der Waals surface area contributed by atoms with E-state index >= 15 is 0 Å². The zero-order valence-electron chi connectivity index (χ0n) is 20.5. The molecule has 3 N–H and O–H groups in total. The zero-order chi connectivity index (χ0) is 22.5. The van der Waals surface area contributed by atoms with Gasteiger partial charge >= 0.3 is 0 Å². The molecule has 0 aliphatic heterocycles. The molecule has 0 aliphatic rings. The summed E-state index contributed by atoms with van der Waals surface area (Å²) in [7, 11) is 3.94. The predicted octanol–water partition coefficient (Wildman–Crippen LogP) is 5.14. The van der Waals surface area contributed by atoms with Crippen LogP contribution in [0.1, 0.15) is 116 Å². The van der Waals surface area contributed by atoms with Gasteiger partial charge in [-0.2, -0.15) is 0 Å². The molecular weight excluding hydrogens is 376 g/mol. The Bertz CT molecular complexity index is 387. The number of hydrogen-bond donors (Lipinski definition) is 3. The lowest BCUT2D eigenvalue weighted by atomic mass is 10.0. The first kappa shape index (κ1) is 29.4. The number of aliphatic hydroxyl groups is 2. The van der Waals surface area contributed by atoms with Crippen LogP contribution in [0.15, 0.2) is 0 Å². The van der Waals surface area contributed by atoms with Crippen molar-refractivity contribution in [1.29, 1.82) is 0 Å². The molecule has 30 heavy (non-hydrogen) atoms. The molecule has 0 saturated heterocycles. The number of carbonyl (C=O) groups excluding carboxylic acids is 1. The summed E-state index contributed by atoms with van der Waals surface area (Å²) in [4.78, 5) is 11.9. The maximum absolute atomic E-state index is 11.9. The smallest absolute Gasteiger partial charge is 0.219 e. The van der Waals surface area contributed by atoms with E-state index in [1.165, 1.54) is 83.5 Å². The van der Waals surface area contributed by atoms with Gasteiger partial charge in [-0.3, -0.25) is 4.79 Å². The third kappa shape index (κ3) is 22.0. The highest BCUT2D eigenvalue weighted by Crippen LogP contribution is 2.13. The van der Waals surface area contributed by atoms with Gasteiger partial charge in [0.2, 0.25) is 12.2 Å². The number of likely N-dealkylation sites (N-methyl/N-ethyl adjacent to an activating group) is 1. The van der Waals surface area contributed by atoms with Crippen LogP contribution in [0.4, 0.5) is 0 Å². The summed E-state index contributed by atoms with van der Waals surface area (Å²) in [6, 6.07) is 0. The van der Waals surface area contributed by atoms with Gasteiger partial charge in [0.05, 0.1) is 20.6 Å². The van der Waals surface area contributed by atoms with Gasteiger partial charge in [0.25, 0.3) is 0 Å². The first-order valence-electron chi connectivity index (χ1n) is 12.8. The molecular formula is C25H53N2O3+. The van der Waals surface area contributed by atoms with Crippen molar-refractivity contribution in [3.8, 4) is 0 Å². The van der Waals surface area contributed by atoms with Crippen molar-refractivity contribution in [2.75, 3.05) is 33.7 Å². The Morgan fingerprint density at radius 2 is 1.17 bits per heavy atom. The van der Waals surface area contributed by atoms with Crippen LogP contribution in [0.3, 0.4) is 0 Å². The van der Waals surface area contributed by atoms with Gasteiger partial charge < -0.3 is 20.0 Å². The number of hydrogen-bond acceptors (Lipinski definition) is 3. The molecule has 0 atom stereocenters. The molecule has 0 fully saturated rings. The van der Waals surface area contributed by atoms with Gasteiger partial charge in [-0.1, -0.05) is 96.8 Å². The summed E-state index contributed by atoms with van der Waals surface area (Å²) in [5, 5.41) is 21.1. The first-order valence-corrected chi connectivity index (χ1v) is 12.8. The third-order valence-electron chi connectivity index (χ3n) is 5.93. The second kappa shape index (κ2) is 20.3. The summed E-state index contributed by atoms with van der Waals surface area (Å²) >= 11 is 0. The molecule has 0 unspecified atom stereocenters. The van der Waals surface area contributed by atoms with Crippen molar-refractivity contribution in [3.05, 3.63) is 0 Å². The molecule has 0 aliphatic carbocycles. The van der Waals surface area contributed by atoms with Gasteiger partial charge in [-0.05, 0) is 6.42 Å². The average molecular weight is 430 g/mol. The fourth-order valence-corrected chi connectivity index (χ4v) is 4.01. The molecule has 5 nitrogen and oxygen atoms in total. The van der Waals surface area contributed by atoms with Crippen molar-refractivity contribution in [2.45, 2.75) is 122 Å². The fourth-order valence-electron chi connectivity index (χ4n) is 4.01. The van der Waals surface area contributed by atoms with Gasteiger partial charge in [0.15, 0.2) is 0 Å². The lowest BCUT2D eigenvalue weighted by Crippen LogP contribution is -2.46. The molecule has 0 aromatic carbocycles. The molecule has 0 rings (SSSR count). The molecule has 5 heteroatoms. The SMILES string of the molecule is CCCCCCCCCCCCCCCCCC(=O)NCCC[N+](C)(C)CC(O)O. The van der Waals surface area contributed by atoms with Gasteiger partial charge in [0.1, 0.15) is 6.54 Å². The minimum atomic E-state index is -1.28. The first-order chi connectivity index (χ1) is 14.4. The van der Waals surface area contributed by atoms with E-state index in [0.717, 1.165) is 25.8 Å². The largest absolute Gasteiger partial charge is 0.364 e. The van der Waals surface area contributed by atoms with Crippen molar-refractivity contribution in [2.24, 2.45) is 0 Å². The quantitative estimate of drug-likeness (QED) is 0.127. The van der Waals surface area contributed by atoms with Crippen molar-refractivity contribution in [1.82, 2.24) is 5.32 Å². The number of amides is 1. The van der Waals surface area contributed by atoms with E-state index in [4.69, 9.17) is 10.2 Å². The zero-order valence-corrected chi connectivity index (χ0v) is 20.5. The number of aliphatic hydroxyl groups excluding tert-OH is 1.